The average molecular weight is 270 g/mol. The fraction of sp³-hybridized carbons (Fsp3) is 0.333. The molecule has 1 unspecified atom stereocenters. The van der Waals surface area contributed by atoms with E-state index in [1.165, 1.54) is 0 Å². The molecule has 0 saturated carbocycles. The van der Waals surface area contributed by atoms with E-state index < -0.39 is 0 Å². The fourth-order valence-corrected chi connectivity index (χ4v) is 2.61. The maximum absolute atomic E-state index is 12.1. The summed E-state index contributed by atoms with van der Waals surface area (Å²) in [5.74, 6) is 1.03. The first-order valence-corrected chi connectivity index (χ1v) is 6.86. The number of aromatic amines is 1. The van der Waals surface area contributed by atoms with Gasteiger partial charge in [0.05, 0.1) is 5.69 Å². The minimum Gasteiger partial charge on any atom is -0.399 e. The monoisotopic (exact) mass is 270 g/mol. The van der Waals surface area contributed by atoms with Gasteiger partial charge in [0.25, 0.3) is 5.56 Å². The number of aromatic nitrogens is 2. The molecular weight excluding hydrogens is 252 g/mol. The molecule has 0 bridgehead atoms. The number of H-pyrrole nitrogens is 1. The lowest BCUT2D eigenvalue weighted by Crippen LogP contribution is -2.25. The van der Waals surface area contributed by atoms with E-state index in [0.717, 1.165) is 36.2 Å². The van der Waals surface area contributed by atoms with Gasteiger partial charge in [0.2, 0.25) is 5.95 Å². The topological polar surface area (TPSA) is 83.8 Å². The second kappa shape index (κ2) is 5.00. The van der Waals surface area contributed by atoms with E-state index in [1.54, 1.807) is 0 Å². The standard InChI is InChI=1S/C15H18N4O/c1-9-5-6-13-12(7-9)14(20)19-15(18-13)17-11-4-2-3-10(16)8-11/h2-4,8-9H,5-7,16H2,1H3,(H2,17,18,19,20). The molecule has 0 fully saturated rings. The number of anilines is 3. The lowest BCUT2D eigenvalue weighted by molar-refractivity contribution is 0.490. The highest BCUT2D eigenvalue weighted by molar-refractivity contribution is 5.59. The zero-order valence-corrected chi connectivity index (χ0v) is 11.4. The molecule has 1 aromatic heterocycles. The van der Waals surface area contributed by atoms with Crippen molar-refractivity contribution in [1.82, 2.24) is 9.97 Å². The summed E-state index contributed by atoms with van der Waals surface area (Å²) in [5.41, 5.74) is 8.94. The van der Waals surface area contributed by atoms with Crippen LogP contribution in [-0.4, -0.2) is 9.97 Å². The van der Waals surface area contributed by atoms with E-state index in [1.807, 2.05) is 24.3 Å². The van der Waals surface area contributed by atoms with Crippen molar-refractivity contribution < 1.29 is 0 Å². The Bertz CT molecular complexity index is 693. The maximum Gasteiger partial charge on any atom is 0.255 e. The van der Waals surface area contributed by atoms with Crippen LogP contribution in [0.2, 0.25) is 0 Å². The van der Waals surface area contributed by atoms with Crippen LogP contribution in [0.4, 0.5) is 17.3 Å². The number of nitrogen functional groups attached to an aromatic ring is 1. The molecule has 2 aromatic rings. The van der Waals surface area contributed by atoms with Crippen molar-refractivity contribution in [3.63, 3.8) is 0 Å². The van der Waals surface area contributed by atoms with Crippen LogP contribution in [0.3, 0.4) is 0 Å². The van der Waals surface area contributed by atoms with Gasteiger partial charge < -0.3 is 11.1 Å². The Morgan fingerprint density at radius 1 is 1.45 bits per heavy atom. The van der Waals surface area contributed by atoms with Gasteiger partial charge in [0.15, 0.2) is 0 Å². The predicted octanol–water partition coefficient (Wildman–Crippen LogP) is 2.22. The molecule has 5 nitrogen and oxygen atoms in total. The number of nitrogens with zero attached hydrogens (tertiary/aromatic N) is 1. The zero-order valence-electron chi connectivity index (χ0n) is 11.4. The molecule has 0 aliphatic heterocycles. The number of benzene rings is 1. The van der Waals surface area contributed by atoms with E-state index >= 15 is 0 Å². The molecule has 0 amide bonds. The summed E-state index contributed by atoms with van der Waals surface area (Å²) in [5, 5.41) is 3.10. The van der Waals surface area contributed by atoms with Gasteiger partial charge in [-0.2, -0.15) is 0 Å². The van der Waals surface area contributed by atoms with Crippen LogP contribution in [0.5, 0.6) is 0 Å². The molecule has 20 heavy (non-hydrogen) atoms. The Morgan fingerprint density at radius 3 is 3.10 bits per heavy atom. The molecule has 0 radical (unpaired) electrons. The molecule has 104 valence electrons. The maximum atomic E-state index is 12.1. The number of nitrogens with one attached hydrogen (secondary N) is 2. The predicted molar refractivity (Wildman–Crippen MR) is 80.2 cm³/mol. The molecule has 5 heteroatoms. The molecule has 4 N–H and O–H groups in total. The normalized spacial score (nSPS) is 17.6. The van der Waals surface area contributed by atoms with Crippen molar-refractivity contribution in [1.29, 1.82) is 0 Å². The van der Waals surface area contributed by atoms with Crippen molar-refractivity contribution in [2.45, 2.75) is 26.2 Å². The van der Waals surface area contributed by atoms with Crippen LogP contribution in [0.15, 0.2) is 29.1 Å². The average Bonchev–Trinajstić information content (AvgIpc) is 2.40. The third kappa shape index (κ3) is 2.52. The van der Waals surface area contributed by atoms with Crippen LogP contribution in [0, 0.1) is 5.92 Å². The Hall–Kier alpha value is -2.30. The molecule has 1 aliphatic carbocycles. The largest absolute Gasteiger partial charge is 0.399 e. The van der Waals surface area contributed by atoms with E-state index in [9.17, 15) is 4.79 Å². The summed E-state index contributed by atoms with van der Waals surface area (Å²) in [7, 11) is 0. The first kappa shape index (κ1) is 12.7. The summed E-state index contributed by atoms with van der Waals surface area (Å²) < 4.78 is 0. The molecule has 0 saturated heterocycles. The first-order chi connectivity index (χ1) is 9.61. The lowest BCUT2D eigenvalue weighted by atomic mass is 9.89. The highest BCUT2D eigenvalue weighted by Crippen LogP contribution is 2.22. The van der Waals surface area contributed by atoms with Crippen LogP contribution in [0.25, 0.3) is 0 Å². The number of hydrogen-bond donors (Lipinski definition) is 3. The molecule has 1 aliphatic rings. The SMILES string of the molecule is CC1CCc2nc(Nc3cccc(N)c3)[nH]c(=O)c2C1. The smallest absolute Gasteiger partial charge is 0.255 e. The molecule has 1 heterocycles. The van der Waals surface area contributed by atoms with Crippen molar-refractivity contribution in [2.24, 2.45) is 5.92 Å². The Labute approximate surface area is 117 Å². The number of hydrogen-bond acceptors (Lipinski definition) is 4. The lowest BCUT2D eigenvalue weighted by Gasteiger charge is -2.20. The number of rotatable bonds is 2. The van der Waals surface area contributed by atoms with E-state index in [-0.39, 0.29) is 5.56 Å². The Morgan fingerprint density at radius 2 is 2.30 bits per heavy atom. The quantitative estimate of drug-likeness (QED) is 0.731. The van der Waals surface area contributed by atoms with Crippen molar-refractivity contribution in [3.8, 4) is 0 Å². The molecular formula is C15H18N4O. The third-order valence-electron chi connectivity index (χ3n) is 3.68. The number of fused-ring (bicyclic) bond motifs is 1. The van der Waals surface area contributed by atoms with Gasteiger partial charge in [0, 0.05) is 16.9 Å². The van der Waals surface area contributed by atoms with E-state index in [0.29, 0.717) is 17.6 Å². The van der Waals surface area contributed by atoms with E-state index in [4.69, 9.17) is 5.73 Å². The van der Waals surface area contributed by atoms with Gasteiger partial charge in [-0.05, 0) is 43.4 Å². The zero-order chi connectivity index (χ0) is 14.1. The fourth-order valence-electron chi connectivity index (χ4n) is 2.61. The number of nitrogens with two attached hydrogens (primary N) is 1. The Kier molecular flexibility index (Phi) is 3.18. The number of aryl methyl sites for hydroxylation is 1. The van der Waals surface area contributed by atoms with Crippen LogP contribution in [0.1, 0.15) is 24.6 Å². The second-order valence-corrected chi connectivity index (χ2v) is 5.44. The summed E-state index contributed by atoms with van der Waals surface area (Å²) in [6.45, 7) is 2.17. The summed E-state index contributed by atoms with van der Waals surface area (Å²) in [6.07, 6.45) is 2.77. The van der Waals surface area contributed by atoms with Gasteiger partial charge in [-0.15, -0.1) is 0 Å². The molecule has 1 atom stereocenters. The van der Waals surface area contributed by atoms with Crippen molar-refractivity contribution in [2.75, 3.05) is 11.1 Å². The summed E-state index contributed by atoms with van der Waals surface area (Å²) in [4.78, 5) is 19.5. The molecule has 0 spiro atoms. The van der Waals surface area contributed by atoms with Crippen LogP contribution < -0.4 is 16.6 Å². The van der Waals surface area contributed by atoms with Gasteiger partial charge in [0.1, 0.15) is 0 Å². The minimum absolute atomic E-state index is 0.0343. The van der Waals surface area contributed by atoms with Gasteiger partial charge in [-0.25, -0.2) is 4.98 Å². The molecule has 3 rings (SSSR count). The third-order valence-corrected chi connectivity index (χ3v) is 3.68. The second-order valence-electron chi connectivity index (χ2n) is 5.44. The van der Waals surface area contributed by atoms with Gasteiger partial charge >= 0.3 is 0 Å². The van der Waals surface area contributed by atoms with Gasteiger partial charge in [-0.3, -0.25) is 9.78 Å². The van der Waals surface area contributed by atoms with E-state index in [2.05, 4.69) is 22.2 Å². The van der Waals surface area contributed by atoms with Gasteiger partial charge in [-0.1, -0.05) is 13.0 Å². The molecule has 1 aromatic carbocycles. The highest BCUT2D eigenvalue weighted by Gasteiger charge is 2.20. The minimum atomic E-state index is -0.0343. The van der Waals surface area contributed by atoms with Crippen LogP contribution >= 0.6 is 0 Å². The highest BCUT2D eigenvalue weighted by atomic mass is 16.1. The first-order valence-electron chi connectivity index (χ1n) is 6.86. The summed E-state index contributed by atoms with van der Waals surface area (Å²) >= 11 is 0. The van der Waals surface area contributed by atoms with Crippen LogP contribution in [-0.2, 0) is 12.8 Å². The Balaban J connectivity index is 1.92. The van der Waals surface area contributed by atoms with Crippen molar-refractivity contribution >= 4 is 17.3 Å². The van der Waals surface area contributed by atoms with Crippen molar-refractivity contribution in [3.05, 3.63) is 45.9 Å². The summed E-state index contributed by atoms with van der Waals surface area (Å²) in [6, 6.07) is 7.37.